The molecular weight excluding hydrogens is 482 g/mol. The minimum Gasteiger partial charge on any atom is -0.394 e. The van der Waals surface area contributed by atoms with E-state index in [1.165, 1.54) is 12.3 Å². The molecule has 0 aliphatic carbocycles. The number of aromatic nitrogens is 1. The summed E-state index contributed by atoms with van der Waals surface area (Å²) in [6.07, 6.45) is 0.221. The number of amides is 1. The average Bonchev–Trinajstić information content (AvgIpc) is 2.64. The molecule has 0 radical (unpaired) electrons. The number of pyridine rings is 1. The number of halogens is 4. The van der Waals surface area contributed by atoms with Gasteiger partial charge in [0.1, 0.15) is 18.5 Å². The maximum Gasteiger partial charge on any atom is 0.277 e. The van der Waals surface area contributed by atoms with Gasteiger partial charge in [0, 0.05) is 9.77 Å². The van der Waals surface area contributed by atoms with Crippen LogP contribution in [0.15, 0.2) is 18.3 Å². The number of carbonyl (C=O) groups is 1. The molecule has 0 bridgehead atoms. The lowest BCUT2D eigenvalue weighted by molar-refractivity contribution is -0.0295. The van der Waals surface area contributed by atoms with Crippen molar-refractivity contribution < 1.29 is 33.0 Å². The average molecular weight is 497 g/mol. The summed E-state index contributed by atoms with van der Waals surface area (Å²) < 4.78 is 42.3. The standard InChI is InChI=1S/C16H15F3IN3O4/c1-7-2-12(21-4-11(7)20)22-15-9(3-10(17)13(18)14(15)19)16(26)23-27-6-8(25)5-24/h2-4,8,24-25H,5-6H2,1H3,(H,21,22)(H,23,26)/t8-/m1/s1. The number of benzene rings is 1. The largest absolute Gasteiger partial charge is 0.394 e. The number of carbonyl (C=O) groups excluding carboxylic acids is 1. The molecule has 1 aromatic heterocycles. The van der Waals surface area contributed by atoms with E-state index in [0.717, 1.165) is 9.13 Å². The Bertz CT molecular complexity index is 854. The molecule has 0 saturated heterocycles. The first-order valence-electron chi connectivity index (χ1n) is 7.52. The number of rotatable bonds is 7. The van der Waals surface area contributed by atoms with Crippen LogP contribution in [0.2, 0.25) is 0 Å². The number of aryl methyl sites for hydroxylation is 1. The topological polar surface area (TPSA) is 104 Å². The number of anilines is 2. The van der Waals surface area contributed by atoms with Crippen molar-refractivity contribution in [3.8, 4) is 0 Å². The Kier molecular flexibility index (Phi) is 7.35. The van der Waals surface area contributed by atoms with E-state index in [2.05, 4.69) is 15.1 Å². The van der Waals surface area contributed by atoms with E-state index >= 15 is 0 Å². The summed E-state index contributed by atoms with van der Waals surface area (Å²) in [5.74, 6) is -5.90. The van der Waals surface area contributed by atoms with E-state index in [9.17, 15) is 18.0 Å². The molecule has 0 fully saturated rings. The number of aliphatic hydroxyl groups excluding tert-OH is 2. The molecule has 11 heteroatoms. The molecule has 1 amide bonds. The predicted molar refractivity (Wildman–Crippen MR) is 97.8 cm³/mol. The Morgan fingerprint density at radius 2 is 2.04 bits per heavy atom. The molecule has 0 aliphatic heterocycles. The summed E-state index contributed by atoms with van der Waals surface area (Å²) in [4.78, 5) is 20.8. The Morgan fingerprint density at radius 3 is 2.67 bits per heavy atom. The van der Waals surface area contributed by atoms with E-state index in [-0.39, 0.29) is 5.82 Å². The highest BCUT2D eigenvalue weighted by Gasteiger charge is 2.24. The third kappa shape index (κ3) is 5.28. The zero-order chi connectivity index (χ0) is 20.1. The van der Waals surface area contributed by atoms with Crippen LogP contribution in [0.1, 0.15) is 15.9 Å². The summed E-state index contributed by atoms with van der Waals surface area (Å²) in [5.41, 5.74) is 1.44. The van der Waals surface area contributed by atoms with Crippen LogP contribution in [0.3, 0.4) is 0 Å². The smallest absolute Gasteiger partial charge is 0.277 e. The molecule has 0 aliphatic rings. The number of hydrogen-bond acceptors (Lipinski definition) is 6. The third-order valence-corrected chi connectivity index (χ3v) is 4.49. The highest BCUT2D eigenvalue weighted by molar-refractivity contribution is 14.1. The van der Waals surface area contributed by atoms with Gasteiger partial charge in [-0.2, -0.15) is 0 Å². The Labute approximate surface area is 165 Å². The molecule has 7 nitrogen and oxygen atoms in total. The van der Waals surface area contributed by atoms with Crippen LogP contribution in [0.4, 0.5) is 24.7 Å². The van der Waals surface area contributed by atoms with Crippen LogP contribution < -0.4 is 10.8 Å². The lowest BCUT2D eigenvalue weighted by atomic mass is 10.1. The van der Waals surface area contributed by atoms with Gasteiger partial charge < -0.3 is 15.5 Å². The van der Waals surface area contributed by atoms with Gasteiger partial charge >= 0.3 is 0 Å². The van der Waals surface area contributed by atoms with Gasteiger partial charge in [0.2, 0.25) is 0 Å². The van der Waals surface area contributed by atoms with Crippen molar-refractivity contribution in [2.45, 2.75) is 13.0 Å². The molecular formula is C16H15F3IN3O4. The molecule has 0 spiro atoms. The first kappa shape index (κ1) is 21.3. The number of nitrogens with one attached hydrogen (secondary N) is 2. The van der Waals surface area contributed by atoms with Gasteiger partial charge in [0.25, 0.3) is 5.91 Å². The Hall–Kier alpha value is -1.96. The molecule has 1 heterocycles. The number of hydroxylamine groups is 1. The van der Waals surface area contributed by atoms with Crippen LogP contribution in [0.5, 0.6) is 0 Å². The number of nitrogens with zero attached hydrogens (tertiary/aromatic N) is 1. The molecule has 146 valence electrons. The first-order valence-corrected chi connectivity index (χ1v) is 8.60. The van der Waals surface area contributed by atoms with E-state index in [1.807, 2.05) is 28.1 Å². The van der Waals surface area contributed by atoms with Crippen LogP contribution in [-0.2, 0) is 4.84 Å². The van der Waals surface area contributed by atoms with Gasteiger partial charge in [-0.25, -0.2) is 23.6 Å². The van der Waals surface area contributed by atoms with Crippen LogP contribution in [0.25, 0.3) is 0 Å². The van der Waals surface area contributed by atoms with Crippen molar-refractivity contribution in [2.24, 2.45) is 0 Å². The van der Waals surface area contributed by atoms with E-state index in [1.54, 1.807) is 6.92 Å². The van der Waals surface area contributed by atoms with E-state index in [0.29, 0.717) is 6.07 Å². The third-order valence-electron chi connectivity index (χ3n) is 3.36. The summed E-state index contributed by atoms with van der Waals surface area (Å²) >= 11 is 2.04. The second-order valence-corrected chi connectivity index (χ2v) is 6.59. The number of hydrogen-bond donors (Lipinski definition) is 4. The Morgan fingerprint density at radius 1 is 1.33 bits per heavy atom. The van der Waals surface area contributed by atoms with Crippen molar-refractivity contribution in [3.05, 3.63) is 50.5 Å². The molecule has 1 aromatic carbocycles. The normalized spacial score (nSPS) is 12.0. The minimum atomic E-state index is -1.76. The fourth-order valence-corrected chi connectivity index (χ4v) is 2.24. The summed E-state index contributed by atoms with van der Waals surface area (Å²) in [6.45, 7) is 0.694. The summed E-state index contributed by atoms with van der Waals surface area (Å²) in [6, 6.07) is 2.04. The monoisotopic (exact) mass is 497 g/mol. The summed E-state index contributed by atoms with van der Waals surface area (Å²) in [5, 5.41) is 20.3. The molecule has 27 heavy (non-hydrogen) atoms. The van der Waals surface area contributed by atoms with Crippen molar-refractivity contribution in [3.63, 3.8) is 0 Å². The first-order chi connectivity index (χ1) is 12.7. The second kappa shape index (κ2) is 9.30. The molecule has 4 N–H and O–H groups in total. The van der Waals surface area contributed by atoms with Crippen molar-refractivity contribution in [1.82, 2.24) is 10.5 Å². The maximum atomic E-state index is 14.3. The highest BCUT2D eigenvalue weighted by atomic mass is 127. The molecule has 1 atom stereocenters. The summed E-state index contributed by atoms with van der Waals surface area (Å²) in [7, 11) is 0. The lowest BCUT2D eigenvalue weighted by Crippen LogP contribution is -2.30. The zero-order valence-corrected chi connectivity index (χ0v) is 16.1. The zero-order valence-electron chi connectivity index (χ0n) is 13.9. The van der Waals surface area contributed by atoms with Crippen molar-refractivity contribution in [2.75, 3.05) is 18.5 Å². The molecule has 0 unspecified atom stereocenters. The quantitative estimate of drug-likeness (QED) is 0.266. The van der Waals surface area contributed by atoms with Crippen LogP contribution in [-0.4, -0.2) is 40.4 Å². The van der Waals surface area contributed by atoms with Gasteiger partial charge in [-0.1, -0.05) is 0 Å². The fraction of sp³-hybridized carbons (Fsp3) is 0.250. The molecule has 2 aromatic rings. The minimum absolute atomic E-state index is 0.114. The molecule has 2 rings (SSSR count). The Balaban J connectivity index is 2.33. The van der Waals surface area contributed by atoms with Crippen LogP contribution >= 0.6 is 22.6 Å². The number of aliphatic hydroxyl groups is 2. The van der Waals surface area contributed by atoms with Gasteiger partial charge in [0.15, 0.2) is 17.5 Å². The van der Waals surface area contributed by atoms with E-state index < -0.39 is 53.9 Å². The van der Waals surface area contributed by atoms with Crippen LogP contribution in [0, 0.1) is 27.9 Å². The van der Waals surface area contributed by atoms with Gasteiger partial charge in [-0.15, -0.1) is 0 Å². The lowest BCUT2D eigenvalue weighted by Gasteiger charge is -2.15. The predicted octanol–water partition coefficient (Wildman–Crippen LogP) is 2.17. The highest BCUT2D eigenvalue weighted by Crippen LogP contribution is 2.28. The maximum absolute atomic E-state index is 14.3. The van der Waals surface area contributed by atoms with Crippen molar-refractivity contribution >= 4 is 40.0 Å². The SMILES string of the molecule is Cc1cc(Nc2c(C(=O)NOC[C@H](O)CO)cc(F)c(F)c2F)ncc1I. The fourth-order valence-electron chi connectivity index (χ4n) is 1.94. The second-order valence-electron chi connectivity index (χ2n) is 5.43. The van der Waals surface area contributed by atoms with Gasteiger partial charge in [0.05, 0.1) is 17.9 Å². The van der Waals surface area contributed by atoms with Gasteiger partial charge in [-0.05, 0) is 47.2 Å². The van der Waals surface area contributed by atoms with E-state index in [4.69, 9.17) is 10.2 Å². The van der Waals surface area contributed by atoms with Gasteiger partial charge in [-0.3, -0.25) is 9.63 Å². The van der Waals surface area contributed by atoms with Crippen molar-refractivity contribution in [1.29, 1.82) is 0 Å². The molecule has 0 saturated carbocycles.